The Bertz CT molecular complexity index is 976. The summed E-state index contributed by atoms with van der Waals surface area (Å²) in [6.45, 7) is 4.19. The minimum atomic E-state index is -0.957. The predicted molar refractivity (Wildman–Crippen MR) is 135 cm³/mol. The van der Waals surface area contributed by atoms with Crippen LogP contribution < -0.4 is 10.6 Å². The molecule has 0 saturated heterocycles. The van der Waals surface area contributed by atoms with E-state index in [1.54, 1.807) is 0 Å². The molecule has 2 aromatic carbocycles. The zero-order valence-electron chi connectivity index (χ0n) is 20.6. The van der Waals surface area contributed by atoms with Crippen molar-refractivity contribution in [1.29, 1.82) is 0 Å². The molecule has 35 heavy (non-hydrogen) atoms. The molecule has 3 rings (SSSR count). The monoisotopic (exact) mass is 480 g/mol. The van der Waals surface area contributed by atoms with Gasteiger partial charge in [-0.15, -0.1) is 0 Å². The smallest absolute Gasteiger partial charge is 0.407 e. The number of unbranched alkanes of at least 4 members (excludes halogenated alkanes) is 2. The number of rotatable bonds is 13. The first-order valence-corrected chi connectivity index (χ1v) is 12.6. The first-order valence-electron chi connectivity index (χ1n) is 12.6. The second-order valence-electron chi connectivity index (χ2n) is 9.11. The second kappa shape index (κ2) is 12.9. The summed E-state index contributed by atoms with van der Waals surface area (Å²) >= 11 is 0. The molecule has 3 N–H and O–H groups in total. The molecule has 1 aliphatic rings. The number of carboxylic acid groups (broad SMARTS) is 1. The molecule has 2 amide bonds. The molecule has 0 fully saturated rings. The van der Waals surface area contributed by atoms with Crippen molar-refractivity contribution < 1.29 is 24.2 Å². The number of fused-ring (bicyclic) bond motifs is 3. The zero-order chi connectivity index (χ0) is 25.2. The van der Waals surface area contributed by atoms with Crippen LogP contribution in [0, 0.1) is 0 Å². The Labute approximate surface area is 207 Å². The topological polar surface area (TPSA) is 105 Å². The van der Waals surface area contributed by atoms with Crippen LogP contribution in [0.1, 0.15) is 75.8 Å². The first kappa shape index (κ1) is 26.3. The van der Waals surface area contributed by atoms with Crippen LogP contribution >= 0.6 is 0 Å². The Morgan fingerprint density at radius 3 is 2.03 bits per heavy atom. The Balaban J connectivity index is 1.63. The summed E-state index contributed by atoms with van der Waals surface area (Å²) in [5.41, 5.74) is 4.53. The van der Waals surface area contributed by atoms with E-state index in [9.17, 15) is 19.5 Å². The molecule has 2 unspecified atom stereocenters. The van der Waals surface area contributed by atoms with Crippen molar-refractivity contribution >= 4 is 18.0 Å². The van der Waals surface area contributed by atoms with Gasteiger partial charge in [0.25, 0.3) is 0 Å². The third-order valence-corrected chi connectivity index (χ3v) is 6.47. The number of hydrogen-bond acceptors (Lipinski definition) is 4. The molecular weight excluding hydrogens is 444 g/mol. The lowest BCUT2D eigenvalue weighted by atomic mass is 9.98. The van der Waals surface area contributed by atoms with E-state index in [0.29, 0.717) is 12.8 Å². The van der Waals surface area contributed by atoms with E-state index in [1.807, 2.05) is 38.1 Å². The van der Waals surface area contributed by atoms with Gasteiger partial charge < -0.3 is 20.5 Å². The van der Waals surface area contributed by atoms with Gasteiger partial charge in [0.2, 0.25) is 5.91 Å². The highest BCUT2D eigenvalue weighted by molar-refractivity contribution is 5.86. The van der Waals surface area contributed by atoms with Crippen LogP contribution in [0.2, 0.25) is 0 Å². The van der Waals surface area contributed by atoms with E-state index in [2.05, 4.69) is 34.9 Å². The van der Waals surface area contributed by atoms with E-state index in [-0.39, 0.29) is 24.9 Å². The van der Waals surface area contributed by atoms with E-state index in [1.165, 1.54) is 0 Å². The first-order chi connectivity index (χ1) is 16.9. The summed E-state index contributed by atoms with van der Waals surface area (Å²) in [6.07, 6.45) is 3.59. The van der Waals surface area contributed by atoms with E-state index in [4.69, 9.17) is 4.74 Å². The van der Waals surface area contributed by atoms with Crippen LogP contribution in [0.4, 0.5) is 4.79 Å². The average Bonchev–Trinajstić information content (AvgIpc) is 3.17. The number of nitrogens with one attached hydrogen (secondary N) is 2. The Morgan fingerprint density at radius 1 is 0.886 bits per heavy atom. The predicted octanol–water partition coefficient (Wildman–Crippen LogP) is 5.23. The highest BCUT2D eigenvalue weighted by Gasteiger charge is 2.30. The number of carboxylic acids is 1. The lowest BCUT2D eigenvalue weighted by Gasteiger charge is -2.23. The number of amides is 2. The number of carbonyl (C=O) groups excluding carboxylic acids is 2. The quantitative estimate of drug-likeness (QED) is 0.364. The number of benzene rings is 2. The van der Waals surface area contributed by atoms with Gasteiger partial charge in [0.05, 0.1) is 6.42 Å². The number of alkyl carbamates (subject to hydrolysis) is 1. The van der Waals surface area contributed by atoms with Gasteiger partial charge in [-0.1, -0.05) is 88.1 Å². The molecule has 0 saturated carbocycles. The van der Waals surface area contributed by atoms with Crippen molar-refractivity contribution in [2.24, 2.45) is 0 Å². The number of carbonyl (C=O) groups is 3. The van der Waals surface area contributed by atoms with Crippen molar-refractivity contribution in [3.63, 3.8) is 0 Å². The molecule has 0 heterocycles. The van der Waals surface area contributed by atoms with Crippen molar-refractivity contribution in [2.75, 3.05) is 6.61 Å². The summed E-state index contributed by atoms with van der Waals surface area (Å²) in [5, 5.41) is 14.7. The van der Waals surface area contributed by atoms with Crippen molar-refractivity contribution in [2.45, 2.75) is 76.8 Å². The van der Waals surface area contributed by atoms with Crippen LogP contribution in [0.5, 0.6) is 0 Å². The normalized spacial score (nSPS) is 13.9. The number of hydrogen-bond donors (Lipinski definition) is 3. The minimum Gasteiger partial charge on any atom is -0.481 e. The van der Waals surface area contributed by atoms with Crippen LogP contribution in [-0.2, 0) is 14.3 Å². The summed E-state index contributed by atoms with van der Waals surface area (Å²) in [4.78, 5) is 36.9. The maximum atomic E-state index is 13.0. The maximum absolute atomic E-state index is 13.0. The molecule has 1 aliphatic carbocycles. The van der Waals surface area contributed by atoms with Gasteiger partial charge in [-0.25, -0.2) is 4.79 Å². The van der Waals surface area contributed by atoms with Gasteiger partial charge in [-0.05, 0) is 35.1 Å². The van der Waals surface area contributed by atoms with E-state index >= 15 is 0 Å². The Kier molecular flexibility index (Phi) is 9.70. The van der Waals surface area contributed by atoms with Crippen LogP contribution in [0.3, 0.4) is 0 Å². The molecule has 0 aliphatic heterocycles. The Morgan fingerprint density at radius 2 is 1.46 bits per heavy atom. The third kappa shape index (κ3) is 7.07. The lowest BCUT2D eigenvalue weighted by molar-refractivity contribution is -0.137. The zero-order valence-corrected chi connectivity index (χ0v) is 20.6. The fourth-order valence-electron chi connectivity index (χ4n) is 4.65. The molecular formula is C28H36N2O5. The number of ether oxygens (including phenoxy) is 1. The third-order valence-electron chi connectivity index (χ3n) is 6.47. The van der Waals surface area contributed by atoms with Gasteiger partial charge in [0.1, 0.15) is 12.6 Å². The summed E-state index contributed by atoms with van der Waals surface area (Å²) in [5.74, 6) is -1.39. The van der Waals surface area contributed by atoms with Gasteiger partial charge in [0.15, 0.2) is 0 Å². The highest BCUT2D eigenvalue weighted by atomic mass is 16.5. The SMILES string of the molecule is CCCCC(CC(=O)O)NC(=O)C(CCCC)NC(=O)OCC1c2ccccc2-c2ccccc21. The molecule has 0 aromatic heterocycles. The van der Waals surface area contributed by atoms with Crippen LogP contribution in [0.25, 0.3) is 11.1 Å². The van der Waals surface area contributed by atoms with E-state index < -0.39 is 24.1 Å². The van der Waals surface area contributed by atoms with Crippen molar-refractivity contribution in [3.05, 3.63) is 59.7 Å². The van der Waals surface area contributed by atoms with Crippen LogP contribution in [-0.4, -0.2) is 41.8 Å². The number of aliphatic carboxylic acids is 1. The molecule has 0 radical (unpaired) electrons. The molecule has 2 atom stereocenters. The molecule has 7 heteroatoms. The highest BCUT2D eigenvalue weighted by Crippen LogP contribution is 2.44. The standard InChI is InChI=1S/C28H36N2O5/c1-3-5-11-19(17-26(31)32)29-27(33)25(16-6-4-2)30-28(34)35-18-24-22-14-9-7-12-20(22)21-13-8-10-15-23(21)24/h7-10,12-15,19,24-25H,3-6,11,16-18H2,1-2H3,(H,29,33)(H,30,34)(H,31,32). The van der Waals surface area contributed by atoms with E-state index in [0.717, 1.165) is 47.9 Å². The summed E-state index contributed by atoms with van der Waals surface area (Å²) in [7, 11) is 0. The molecule has 188 valence electrons. The molecule has 7 nitrogen and oxygen atoms in total. The molecule has 0 spiro atoms. The van der Waals surface area contributed by atoms with Gasteiger partial charge >= 0.3 is 12.1 Å². The van der Waals surface area contributed by atoms with Crippen molar-refractivity contribution in [1.82, 2.24) is 10.6 Å². The fourth-order valence-corrected chi connectivity index (χ4v) is 4.65. The maximum Gasteiger partial charge on any atom is 0.407 e. The van der Waals surface area contributed by atoms with Gasteiger partial charge in [-0.3, -0.25) is 9.59 Å². The second-order valence-corrected chi connectivity index (χ2v) is 9.11. The largest absolute Gasteiger partial charge is 0.481 e. The molecule has 0 bridgehead atoms. The van der Waals surface area contributed by atoms with Gasteiger partial charge in [0, 0.05) is 12.0 Å². The average molecular weight is 481 g/mol. The van der Waals surface area contributed by atoms with Crippen LogP contribution in [0.15, 0.2) is 48.5 Å². The fraction of sp³-hybridized carbons (Fsp3) is 0.464. The lowest BCUT2D eigenvalue weighted by Crippen LogP contribution is -2.50. The van der Waals surface area contributed by atoms with Gasteiger partial charge in [-0.2, -0.15) is 0 Å². The molecule has 2 aromatic rings. The Hall–Kier alpha value is -3.35. The summed E-state index contributed by atoms with van der Waals surface area (Å²) < 4.78 is 5.61. The van der Waals surface area contributed by atoms with Crippen molar-refractivity contribution in [3.8, 4) is 11.1 Å². The minimum absolute atomic E-state index is 0.0648. The summed E-state index contributed by atoms with van der Waals surface area (Å²) in [6, 6.07) is 15.0.